The molecule has 0 unspecified atom stereocenters. The Morgan fingerprint density at radius 3 is 2.63 bits per heavy atom. The molecular formula is C21H21NO5. The predicted molar refractivity (Wildman–Crippen MR) is 98.3 cm³/mol. The summed E-state index contributed by atoms with van der Waals surface area (Å²) in [5, 5.41) is 0. The highest BCUT2D eigenvalue weighted by Gasteiger charge is 2.37. The molecule has 2 heterocycles. The largest absolute Gasteiger partial charge is 0.465 e. The Morgan fingerprint density at radius 2 is 1.89 bits per heavy atom. The number of esters is 1. The number of methoxy groups -OCH3 is 1. The van der Waals surface area contributed by atoms with Gasteiger partial charge in [-0.3, -0.25) is 9.78 Å². The minimum absolute atomic E-state index is 0.00781. The number of benzene rings is 1. The van der Waals surface area contributed by atoms with Gasteiger partial charge in [0.15, 0.2) is 17.3 Å². The number of rotatable bonds is 2. The Labute approximate surface area is 157 Å². The number of aryl methyl sites for hydroxylation is 1. The molecule has 2 aromatic rings. The highest BCUT2D eigenvalue weighted by atomic mass is 16.7. The molecule has 6 heteroatoms. The molecule has 0 atom stereocenters. The van der Waals surface area contributed by atoms with Crippen molar-refractivity contribution < 1.29 is 23.8 Å². The van der Waals surface area contributed by atoms with Crippen LogP contribution in [-0.2, 0) is 11.2 Å². The second-order valence-corrected chi connectivity index (χ2v) is 7.77. The van der Waals surface area contributed by atoms with Gasteiger partial charge in [-0.05, 0) is 36.5 Å². The first kappa shape index (κ1) is 17.5. The summed E-state index contributed by atoms with van der Waals surface area (Å²) in [5.74, 6) is 0.722. The number of hydrogen-bond acceptors (Lipinski definition) is 6. The van der Waals surface area contributed by atoms with Crippen molar-refractivity contribution in [3.05, 3.63) is 40.7 Å². The summed E-state index contributed by atoms with van der Waals surface area (Å²) in [7, 11) is 1.33. The smallest absolute Gasteiger partial charge is 0.340 e. The molecule has 6 nitrogen and oxygen atoms in total. The minimum Gasteiger partial charge on any atom is -0.465 e. The Hall–Kier alpha value is -2.89. The number of ketones is 1. The quantitative estimate of drug-likeness (QED) is 0.753. The van der Waals surface area contributed by atoms with Crippen LogP contribution in [-0.4, -0.2) is 30.6 Å². The van der Waals surface area contributed by atoms with Crippen LogP contribution in [0.5, 0.6) is 11.5 Å². The van der Waals surface area contributed by atoms with E-state index in [2.05, 4.69) is 18.8 Å². The van der Waals surface area contributed by atoms with E-state index in [0.717, 1.165) is 11.3 Å². The van der Waals surface area contributed by atoms with Crippen LogP contribution in [0.3, 0.4) is 0 Å². The number of ether oxygens (including phenoxy) is 3. The van der Waals surface area contributed by atoms with Gasteiger partial charge in [0.1, 0.15) is 0 Å². The van der Waals surface area contributed by atoms with E-state index in [1.165, 1.54) is 7.11 Å². The Balaban J connectivity index is 2.02. The molecule has 1 aromatic carbocycles. The maximum Gasteiger partial charge on any atom is 0.340 e. The third-order valence-electron chi connectivity index (χ3n) is 5.07. The summed E-state index contributed by atoms with van der Waals surface area (Å²) in [5.41, 5.74) is 3.25. The molecule has 0 N–H and O–H groups in total. The maximum atomic E-state index is 13.1. The van der Waals surface area contributed by atoms with Crippen molar-refractivity contribution in [2.75, 3.05) is 13.9 Å². The van der Waals surface area contributed by atoms with Gasteiger partial charge in [-0.25, -0.2) is 4.79 Å². The van der Waals surface area contributed by atoms with Crippen molar-refractivity contribution in [2.45, 2.75) is 33.6 Å². The number of nitrogens with zero attached hydrogens (tertiary/aromatic N) is 1. The highest BCUT2D eigenvalue weighted by Crippen LogP contribution is 2.43. The third-order valence-corrected chi connectivity index (χ3v) is 5.07. The average molecular weight is 367 g/mol. The first-order valence-electron chi connectivity index (χ1n) is 8.86. The SMILES string of the molecule is COC(=O)c1c(C)nc2c(c1-c1ccc3c(c1)OCO3)C(=O)CC(C)(C)C2. The van der Waals surface area contributed by atoms with Crippen molar-refractivity contribution in [1.82, 2.24) is 4.98 Å². The number of carbonyl (C=O) groups is 2. The fourth-order valence-electron chi connectivity index (χ4n) is 3.92. The van der Waals surface area contributed by atoms with Crippen molar-refractivity contribution in [3.63, 3.8) is 0 Å². The second kappa shape index (κ2) is 6.08. The summed E-state index contributed by atoms with van der Waals surface area (Å²) < 4.78 is 15.9. The van der Waals surface area contributed by atoms with Crippen molar-refractivity contribution in [2.24, 2.45) is 5.41 Å². The summed E-state index contributed by atoms with van der Waals surface area (Å²) in [4.78, 5) is 30.2. The van der Waals surface area contributed by atoms with Crippen LogP contribution in [0, 0.1) is 12.3 Å². The summed E-state index contributed by atoms with van der Waals surface area (Å²) in [6.07, 6.45) is 1.08. The van der Waals surface area contributed by atoms with Crippen LogP contribution >= 0.6 is 0 Å². The first-order chi connectivity index (χ1) is 12.8. The van der Waals surface area contributed by atoms with E-state index in [1.54, 1.807) is 19.1 Å². The lowest BCUT2D eigenvalue weighted by Gasteiger charge is -2.31. The predicted octanol–water partition coefficient (Wildman–Crippen LogP) is 3.73. The van der Waals surface area contributed by atoms with Gasteiger partial charge in [0, 0.05) is 17.5 Å². The second-order valence-electron chi connectivity index (χ2n) is 7.77. The molecule has 2 aliphatic rings. The molecule has 1 aliphatic carbocycles. The summed E-state index contributed by atoms with van der Waals surface area (Å²) in [6, 6.07) is 5.43. The van der Waals surface area contributed by atoms with Crippen molar-refractivity contribution in [1.29, 1.82) is 0 Å². The van der Waals surface area contributed by atoms with E-state index < -0.39 is 5.97 Å². The molecule has 4 rings (SSSR count). The van der Waals surface area contributed by atoms with Gasteiger partial charge < -0.3 is 14.2 Å². The molecule has 140 valence electrons. The molecule has 0 fully saturated rings. The lowest BCUT2D eigenvalue weighted by atomic mass is 9.73. The van der Waals surface area contributed by atoms with E-state index >= 15 is 0 Å². The molecule has 0 saturated carbocycles. The maximum absolute atomic E-state index is 13.1. The fraction of sp³-hybridized carbons (Fsp3) is 0.381. The van der Waals surface area contributed by atoms with Gasteiger partial charge in [-0.1, -0.05) is 19.9 Å². The van der Waals surface area contributed by atoms with E-state index in [-0.39, 0.29) is 18.0 Å². The first-order valence-corrected chi connectivity index (χ1v) is 8.86. The van der Waals surface area contributed by atoms with Crippen molar-refractivity contribution in [3.8, 4) is 22.6 Å². The van der Waals surface area contributed by atoms with Crippen LogP contribution in [0.25, 0.3) is 11.1 Å². The summed E-state index contributed by atoms with van der Waals surface area (Å²) in [6.45, 7) is 6.04. The average Bonchev–Trinajstić information content (AvgIpc) is 3.06. The highest BCUT2D eigenvalue weighted by molar-refractivity contribution is 6.10. The van der Waals surface area contributed by atoms with E-state index in [4.69, 9.17) is 14.2 Å². The number of hydrogen-bond donors (Lipinski definition) is 0. The zero-order valence-corrected chi connectivity index (χ0v) is 15.8. The summed E-state index contributed by atoms with van der Waals surface area (Å²) >= 11 is 0. The fourth-order valence-corrected chi connectivity index (χ4v) is 3.92. The third kappa shape index (κ3) is 2.85. The normalized spacial score (nSPS) is 16.8. The Kier molecular flexibility index (Phi) is 3.94. The number of Topliss-reactive ketones (excluding diaryl/α,β-unsaturated/α-hetero) is 1. The lowest BCUT2D eigenvalue weighted by molar-refractivity contribution is 0.0600. The molecule has 0 amide bonds. The van der Waals surface area contributed by atoms with Crippen LogP contribution in [0.4, 0.5) is 0 Å². The minimum atomic E-state index is -0.506. The molecule has 0 bridgehead atoms. The molecule has 1 aromatic heterocycles. The van der Waals surface area contributed by atoms with Gasteiger partial charge in [0.25, 0.3) is 0 Å². The Morgan fingerprint density at radius 1 is 1.15 bits per heavy atom. The van der Waals surface area contributed by atoms with E-state index in [9.17, 15) is 9.59 Å². The zero-order chi connectivity index (χ0) is 19.3. The van der Waals surface area contributed by atoms with Crippen LogP contribution in [0.15, 0.2) is 18.2 Å². The monoisotopic (exact) mass is 367 g/mol. The zero-order valence-electron chi connectivity index (χ0n) is 15.8. The number of carbonyl (C=O) groups excluding carboxylic acids is 2. The van der Waals surface area contributed by atoms with E-state index in [0.29, 0.717) is 46.7 Å². The van der Waals surface area contributed by atoms with Gasteiger partial charge in [-0.15, -0.1) is 0 Å². The molecule has 0 spiro atoms. The van der Waals surface area contributed by atoms with Gasteiger partial charge in [-0.2, -0.15) is 0 Å². The molecular weight excluding hydrogens is 346 g/mol. The standard InChI is InChI=1S/C21H21NO5/c1-11-17(20(24)25-4)18(12-5-6-15-16(7-12)27-10-26-15)19-13(22-11)8-21(2,3)9-14(19)23/h5-7H,8-10H2,1-4H3. The van der Waals surface area contributed by atoms with Crippen LogP contribution < -0.4 is 9.47 Å². The number of aromatic nitrogens is 1. The van der Waals surface area contributed by atoms with Gasteiger partial charge in [0.05, 0.1) is 24.1 Å². The van der Waals surface area contributed by atoms with Crippen molar-refractivity contribution >= 4 is 11.8 Å². The topological polar surface area (TPSA) is 74.7 Å². The van der Waals surface area contributed by atoms with Crippen LogP contribution in [0.2, 0.25) is 0 Å². The molecule has 27 heavy (non-hydrogen) atoms. The molecule has 1 aliphatic heterocycles. The van der Waals surface area contributed by atoms with Crippen LogP contribution in [0.1, 0.15) is 52.4 Å². The number of fused-ring (bicyclic) bond motifs is 2. The molecule has 0 radical (unpaired) electrons. The Bertz CT molecular complexity index is 977. The molecule has 0 saturated heterocycles. The lowest BCUT2D eigenvalue weighted by Crippen LogP contribution is -2.30. The van der Waals surface area contributed by atoms with Gasteiger partial charge in [0.2, 0.25) is 6.79 Å². The van der Waals surface area contributed by atoms with E-state index in [1.807, 2.05) is 6.07 Å². The number of pyridine rings is 1. The van der Waals surface area contributed by atoms with Gasteiger partial charge >= 0.3 is 5.97 Å².